The highest BCUT2D eigenvalue weighted by atomic mass is 16.1. The summed E-state index contributed by atoms with van der Waals surface area (Å²) in [4.78, 5) is 16.3. The van der Waals surface area contributed by atoms with Crippen molar-refractivity contribution < 1.29 is 4.79 Å². The predicted molar refractivity (Wildman–Crippen MR) is 213 cm³/mol. The van der Waals surface area contributed by atoms with E-state index >= 15 is 0 Å². The summed E-state index contributed by atoms with van der Waals surface area (Å²) in [7, 11) is 0. The third kappa shape index (κ3) is 4.20. The lowest BCUT2D eigenvalue weighted by Crippen LogP contribution is -2.32. The van der Waals surface area contributed by atoms with E-state index in [1.165, 1.54) is 72.2 Å². The highest BCUT2D eigenvalue weighted by Crippen LogP contribution is 2.56. The van der Waals surface area contributed by atoms with Gasteiger partial charge in [0.2, 0.25) is 0 Å². The molecule has 10 rings (SSSR count). The number of carbonyl (C=O) groups is 1. The van der Waals surface area contributed by atoms with Crippen LogP contribution in [0.5, 0.6) is 0 Å². The molecule has 0 unspecified atom stereocenters. The Bertz CT molecular complexity index is 2710. The van der Waals surface area contributed by atoms with Crippen LogP contribution in [0.3, 0.4) is 0 Å². The number of rotatable bonds is 2. The Morgan fingerprint density at radius 2 is 1.29 bits per heavy atom. The second-order valence-electron chi connectivity index (χ2n) is 15.8. The minimum atomic E-state index is -0.281. The van der Waals surface area contributed by atoms with Gasteiger partial charge in [-0.15, -0.1) is 0 Å². The molecule has 7 aromatic rings. The summed E-state index contributed by atoms with van der Waals surface area (Å²) >= 11 is 0. The van der Waals surface area contributed by atoms with E-state index in [0.29, 0.717) is 6.42 Å². The molecule has 2 nitrogen and oxygen atoms in total. The van der Waals surface area contributed by atoms with Crippen molar-refractivity contribution >= 4 is 50.5 Å². The van der Waals surface area contributed by atoms with Crippen LogP contribution in [0.25, 0.3) is 38.7 Å². The molecule has 0 radical (unpaired) electrons. The lowest BCUT2D eigenvalue weighted by atomic mass is 9.70. The average Bonchev–Trinajstić information content (AvgIpc) is 3.55. The van der Waals surface area contributed by atoms with Gasteiger partial charge in [0.25, 0.3) is 0 Å². The van der Waals surface area contributed by atoms with E-state index in [1.54, 1.807) is 0 Å². The summed E-state index contributed by atoms with van der Waals surface area (Å²) in [6, 6.07) is 46.5. The second-order valence-corrected chi connectivity index (χ2v) is 15.8. The molecule has 0 fully saturated rings. The fourth-order valence-electron chi connectivity index (χ4n) is 9.61. The van der Waals surface area contributed by atoms with Gasteiger partial charge in [-0.05, 0) is 121 Å². The van der Waals surface area contributed by atoms with Crippen LogP contribution in [-0.2, 0) is 17.3 Å². The molecule has 0 saturated heterocycles. The van der Waals surface area contributed by atoms with Crippen molar-refractivity contribution in [2.45, 2.75) is 51.9 Å². The Morgan fingerprint density at radius 3 is 2.12 bits per heavy atom. The summed E-state index contributed by atoms with van der Waals surface area (Å²) in [5, 5.41) is 4.83. The summed E-state index contributed by atoms with van der Waals surface area (Å²) in [5.41, 5.74) is 16.4. The highest BCUT2D eigenvalue weighted by Gasteiger charge is 2.41. The SMILES string of the molecule is Cc1c2c(cc3ccccc13)N(c1ccc3c(c1)C(C)(C)c1ccccc1-3)c1ccc(/C=C3/Cc4cc5ccccc5cc4C3=O)cc1C2(C)C. The van der Waals surface area contributed by atoms with E-state index in [2.05, 4.69) is 167 Å². The minimum absolute atomic E-state index is 0.102. The number of anilines is 3. The second kappa shape index (κ2) is 10.4. The Kier molecular flexibility index (Phi) is 6.14. The molecule has 3 aliphatic rings. The number of aryl methyl sites for hydroxylation is 1. The first-order valence-corrected chi connectivity index (χ1v) is 18.1. The monoisotopic (exact) mass is 657 g/mol. The fourth-order valence-corrected chi connectivity index (χ4v) is 9.61. The number of nitrogens with zero attached hydrogens (tertiary/aromatic N) is 1. The number of benzene rings is 7. The van der Waals surface area contributed by atoms with Gasteiger partial charge in [-0.3, -0.25) is 4.79 Å². The molecule has 0 N–H and O–H groups in total. The first kappa shape index (κ1) is 30.1. The Labute approximate surface area is 299 Å². The third-order valence-corrected chi connectivity index (χ3v) is 12.1. The maximum absolute atomic E-state index is 13.8. The molecule has 7 aromatic carbocycles. The molecule has 246 valence electrons. The zero-order valence-corrected chi connectivity index (χ0v) is 29.8. The molecule has 0 bridgehead atoms. The number of ketones is 1. The maximum atomic E-state index is 13.8. The number of fused-ring (bicyclic) bond motifs is 8. The van der Waals surface area contributed by atoms with Gasteiger partial charge >= 0.3 is 0 Å². The van der Waals surface area contributed by atoms with Crippen molar-refractivity contribution in [1.82, 2.24) is 0 Å². The van der Waals surface area contributed by atoms with Gasteiger partial charge in [-0.2, -0.15) is 0 Å². The summed E-state index contributed by atoms with van der Waals surface area (Å²) in [6.07, 6.45) is 2.79. The number of allylic oxidation sites excluding steroid dienone is 1. The van der Waals surface area contributed by atoms with Crippen molar-refractivity contribution in [2.24, 2.45) is 0 Å². The lowest BCUT2D eigenvalue weighted by Gasteiger charge is -2.43. The largest absolute Gasteiger partial charge is 0.310 e. The maximum Gasteiger partial charge on any atom is 0.189 e. The molecule has 1 heterocycles. The third-order valence-electron chi connectivity index (χ3n) is 12.1. The predicted octanol–water partition coefficient (Wildman–Crippen LogP) is 12.5. The number of hydrogen-bond acceptors (Lipinski definition) is 2. The molecular formula is C49H39NO. The van der Waals surface area contributed by atoms with Gasteiger partial charge in [0, 0.05) is 34.1 Å². The molecule has 2 aliphatic carbocycles. The first-order valence-electron chi connectivity index (χ1n) is 18.1. The molecule has 0 saturated carbocycles. The lowest BCUT2D eigenvalue weighted by molar-refractivity contribution is 0.104. The summed E-state index contributed by atoms with van der Waals surface area (Å²) in [5.74, 6) is 0.142. The van der Waals surface area contributed by atoms with Crippen LogP contribution < -0.4 is 4.90 Å². The number of hydrogen-bond donors (Lipinski definition) is 0. The van der Waals surface area contributed by atoms with E-state index in [0.717, 1.165) is 27.6 Å². The standard InChI is InChI=1S/C49H39NO/c1-29-37-15-9-8-14-33(37)27-45-46(29)49(4,5)43-23-30(22-35-25-34-24-31-12-6-7-13-32(31)26-40(34)47(35)51)18-21-44(43)50(45)36-19-20-39-38-16-10-11-17-41(38)48(2,3)42(39)28-36/h6-24,26-28H,25H2,1-5H3/b35-22-. The molecule has 0 spiro atoms. The van der Waals surface area contributed by atoms with Crippen molar-refractivity contribution in [3.63, 3.8) is 0 Å². The van der Waals surface area contributed by atoms with Gasteiger partial charge in [0.05, 0.1) is 11.4 Å². The van der Waals surface area contributed by atoms with E-state index < -0.39 is 0 Å². The van der Waals surface area contributed by atoms with Crippen LogP contribution in [0.4, 0.5) is 17.1 Å². The van der Waals surface area contributed by atoms with Crippen LogP contribution in [0, 0.1) is 6.92 Å². The van der Waals surface area contributed by atoms with Gasteiger partial charge in [-0.1, -0.05) is 119 Å². The van der Waals surface area contributed by atoms with E-state index in [-0.39, 0.29) is 16.6 Å². The van der Waals surface area contributed by atoms with E-state index in [4.69, 9.17) is 0 Å². The number of Topliss-reactive ketones (excluding diaryl/α,β-unsaturated/α-hetero) is 1. The fraction of sp³-hybridized carbons (Fsp3) is 0.163. The Balaban J connectivity index is 1.15. The van der Waals surface area contributed by atoms with Crippen LogP contribution in [0.1, 0.15) is 77.0 Å². The van der Waals surface area contributed by atoms with Crippen molar-refractivity contribution in [3.8, 4) is 11.1 Å². The van der Waals surface area contributed by atoms with Crippen LogP contribution in [0.2, 0.25) is 0 Å². The Hall–Kier alpha value is -5.73. The molecular weight excluding hydrogens is 619 g/mol. The minimum Gasteiger partial charge on any atom is -0.310 e. The summed E-state index contributed by atoms with van der Waals surface area (Å²) < 4.78 is 0. The normalized spacial score (nSPS) is 17.0. The zero-order chi connectivity index (χ0) is 34.8. The van der Waals surface area contributed by atoms with Gasteiger partial charge in [-0.25, -0.2) is 0 Å². The first-order chi connectivity index (χ1) is 24.6. The van der Waals surface area contributed by atoms with Crippen molar-refractivity contribution in [1.29, 1.82) is 0 Å². The smallest absolute Gasteiger partial charge is 0.189 e. The zero-order valence-electron chi connectivity index (χ0n) is 29.8. The topological polar surface area (TPSA) is 20.3 Å². The highest BCUT2D eigenvalue weighted by molar-refractivity contribution is 6.17. The van der Waals surface area contributed by atoms with Gasteiger partial charge < -0.3 is 4.90 Å². The van der Waals surface area contributed by atoms with E-state index in [1.807, 2.05) is 6.07 Å². The Morgan fingerprint density at radius 1 is 0.588 bits per heavy atom. The average molecular weight is 658 g/mol. The molecule has 2 heteroatoms. The number of carbonyl (C=O) groups excluding carboxylic acids is 1. The summed E-state index contributed by atoms with van der Waals surface area (Å²) in [6.45, 7) is 11.7. The van der Waals surface area contributed by atoms with Crippen molar-refractivity contribution in [2.75, 3.05) is 4.90 Å². The molecule has 0 amide bonds. The van der Waals surface area contributed by atoms with Gasteiger partial charge in [0.1, 0.15) is 0 Å². The molecule has 1 aliphatic heterocycles. The van der Waals surface area contributed by atoms with Gasteiger partial charge in [0.15, 0.2) is 5.78 Å². The quantitative estimate of drug-likeness (QED) is 0.172. The van der Waals surface area contributed by atoms with Crippen LogP contribution in [-0.4, -0.2) is 5.78 Å². The van der Waals surface area contributed by atoms with Crippen molar-refractivity contribution in [3.05, 3.63) is 177 Å². The molecule has 0 atom stereocenters. The van der Waals surface area contributed by atoms with E-state index in [9.17, 15) is 4.79 Å². The van der Waals surface area contributed by atoms with Crippen LogP contribution >= 0.6 is 0 Å². The molecule has 51 heavy (non-hydrogen) atoms. The van der Waals surface area contributed by atoms with Crippen LogP contribution in [0.15, 0.2) is 133 Å². The molecule has 0 aromatic heterocycles.